The summed E-state index contributed by atoms with van der Waals surface area (Å²) in [5, 5.41) is 12.6. The van der Waals surface area contributed by atoms with Crippen LogP contribution in [0.1, 0.15) is 31.3 Å². The van der Waals surface area contributed by atoms with Gasteiger partial charge in [-0.1, -0.05) is 36.7 Å². The van der Waals surface area contributed by atoms with Crippen LogP contribution in [0.15, 0.2) is 27.1 Å². The number of nitrogens with two attached hydrogens (primary N) is 1. The standard InChI is InChI=1S/C18H20BrN3O5/c1-18(2,3)14-10(7-22(14)17(25)26)16(24)21-12-9-6-8(19)4-5-11(9)27-13(12)15(20)23/h4-6,10,14H,7H2,1-3H3,(H2,20,23)(H,21,24)(H,25,26). The Kier molecular flexibility index (Phi) is 4.67. The smallest absolute Gasteiger partial charge is 0.407 e. The van der Waals surface area contributed by atoms with Crippen LogP contribution < -0.4 is 11.1 Å². The number of hydrogen-bond acceptors (Lipinski definition) is 4. The highest BCUT2D eigenvalue weighted by Gasteiger charge is 2.51. The second-order valence-electron chi connectivity index (χ2n) is 7.65. The van der Waals surface area contributed by atoms with Crippen molar-refractivity contribution >= 4 is 50.5 Å². The lowest BCUT2D eigenvalue weighted by Crippen LogP contribution is -2.66. The second kappa shape index (κ2) is 6.56. The Morgan fingerprint density at radius 2 is 2.00 bits per heavy atom. The SMILES string of the molecule is CC(C)(C)C1C(C(=O)Nc2c(C(N)=O)oc3ccc(Br)cc23)CN1C(=O)O. The van der Waals surface area contributed by atoms with Crippen molar-refractivity contribution < 1.29 is 23.9 Å². The lowest BCUT2D eigenvalue weighted by atomic mass is 9.72. The van der Waals surface area contributed by atoms with Crippen LogP contribution >= 0.6 is 15.9 Å². The van der Waals surface area contributed by atoms with Gasteiger partial charge in [0.25, 0.3) is 5.91 Å². The number of amides is 3. The number of furan rings is 1. The molecular weight excluding hydrogens is 418 g/mol. The molecule has 1 aromatic carbocycles. The first-order chi connectivity index (χ1) is 12.5. The Labute approximate surface area is 163 Å². The fourth-order valence-corrected chi connectivity index (χ4v) is 3.94. The molecule has 9 heteroatoms. The Morgan fingerprint density at radius 1 is 1.33 bits per heavy atom. The van der Waals surface area contributed by atoms with Gasteiger partial charge in [0.1, 0.15) is 11.3 Å². The molecule has 1 aromatic heterocycles. The highest BCUT2D eigenvalue weighted by molar-refractivity contribution is 9.10. The molecule has 0 radical (unpaired) electrons. The lowest BCUT2D eigenvalue weighted by Gasteiger charge is -2.51. The van der Waals surface area contributed by atoms with Gasteiger partial charge in [0.15, 0.2) is 0 Å². The van der Waals surface area contributed by atoms with Crippen molar-refractivity contribution in [2.45, 2.75) is 26.8 Å². The van der Waals surface area contributed by atoms with Gasteiger partial charge in [-0.2, -0.15) is 0 Å². The van der Waals surface area contributed by atoms with Crippen LogP contribution in [0.4, 0.5) is 10.5 Å². The van der Waals surface area contributed by atoms with Crippen molar-refractivity contribution in [1.29, 1.82) is 0 Å². The second-order valence-corrected chi connectivity index (χ2v) is 8.57. The van der Waals surface area contributed by atoms with Gasteiger partial charge in [-0.25, -0.2) is 4.79 Å². The number of benzene rings is 1. The molecule has 0 spiro atoms. The van der Waals surface area contributed by atoms with Crippen molar-refractivity contribution in [1.82, 2.24) is 4.90 Å². The largest absolute Gasteiger partial charge is 0.465 e. The summed E-state index contributed by atoms with van der Waals surface area (Å²) < 4.78 is 6.23. The minimum absolute atomic E-state index is 0.0918. The fraction of sp³-hybridized carbons (Fsp3) is 0.389. The summed E-state index contributed by atoms with van der Waals surface area (Å²) >= 11 is 3.35. The van der Waals surface area contributed by atoms with E-state index in [2.05, 4.69) is 21.2 Å². The molecule has 8 nitrogen and oxygen atoms in total. The van der Waals surface area contributed by atoms with E-state index < -0.39 is 29.4 Å². The summed E-state index contributed by atoms with van der Waals surface area (Å²) in [4.78, 5) is 37.3. The first-order valence-corrected chi connectivity index (χ1v) is 9.12. The predicted molar refractivity (Wildman–Crippen MR) is 103 cm³/mol. The molecule has 27 heavy (non-hydrogen) atoms. The van der Waals surface area contributed by atoms with E-state index in [9.17, 15) is 19.5 Å². The minimum atomic E-state index is -1.06. The highest BCUT2D eigenvalue weighted by Crippen LogP contribution is 2.40. The Balaban J connectivity index is 1.94. The number of halogens is 1. The van der Waals surface area contributed by atoms with Crippen molar-refractivity contribution in [2.75, 3.05) is 11.9 Å². The third kappa shape index (κ3) is 3.39. The van der Waals surface area contributed by atoms with Crippen LogP contribution in [0, 0.1) is 11.3 Å². The van der Waals surface area contributed by atoms with Crippen LogP contribution in [0.5, 0.6) is 0 Å². The van der Waals surface area contributed by atoms with E-state index in [0.29, 0.717) is 11.0 Å². The number of carbonyl (C=O) groups excluding carboxylic acids is 2. The molecule has 4 N–H and O–H groups in total. The number of anilines is 1. The van der Waals surface area contributed by atoms with Gasteiger partial charge in [0.05, 0.1) is 12.0 Å². The number of carboxylic acid groups (broad SMARTS) is 1. The minimum Gasteiger partial charge on any atom is -0.465 e. The lowest BCUT2D eigenvalue weighted by molar-refractivity contribution is -0.132. The van der Waals surface area contributed by atoms with Gasteiger partial charge in [0.2, 0.25) is 11.7 Å². The molecule has 1 aliphatic rings. The molecule has 144 valence electrons. The number of nitrogens with one attached hydrogen (secondary N) is 1. The number of nitrogens with zero attached hydrogens (tertiary/aromatic N) is 1. The Morgan fingerprint density at radius 3 is 2.56 bits per heavy atom. The maximum Gasteiger partial charge on any atom is 0.407 e. The maximum atomic E-state index is 12.9. The molecule has 0 aliphatic carbocycles. The van der Waals surface area contributed by atoms with Crippen LogP contribution in [-0.4, -0.2) is 40.5 Å². The van der Waals surface area contributed by atoms with E-state index in [-0.39, 0.29) is 23.9 Å². The molecule has 1 aliphatic heterocycles. The topological polar surface area (TPSA) is 126 Å². The molecule has 2 atom stereocenters. The first-order valence-electron chi connectivity index (χ1n) is 8.33. The van der Waals surface area contributed by atoms with Gasteiger partial charge in [-0.3, -0.25) is 9.59 Å². The van der Waals surface area contributed by atoms with Crippen LogP contribution in [-0.2, 0) is 4.79 Å². The zero-order valence-corrected chi connectivity index (χ0v) is 16.7. The summed E-state index contributed by atoms with van der Waals surface area (Å²) in [6.07, 6.45) is -1.06. The van der Waals surface area contributed by atoms with Crippen molar-refractivity contribution in [2.24, 2.45) is 17.1 Å². The molecule has 1 fully saturated rings. The summed E-state index contributed by atoms with van der Waals surface area (Å²) in [7, 11) is 0. The Bertz CT molecular complexity index is 946. The zero-order chi connectivity index (χ0) is 20.1. The average molecular weight is 438 g/mol. The zero-order valence-electron chi connectivity index (χ0n) is 15.1. The molecule has 0 saturated carbocycles. The number of primary amides is 1. The molecule has 3 rings (SSSR count). The van der Waals surface area contributed by atoms with E-state index in [1.807, 2.05) is 20.8 Å². The molecule has 2 heterocycles. The van der Waals surface area contributed by atoms with Crippen molar-refractivity contribution in [3.63, 3.8) is 0 Å². The number of carbonyl (C=O) groups is 3. The summed E-state index contributed by atoms with van der Waals surface area (Å²) in [5.41, 5.74) is 5.58. The van der Waals surface area contributed by atoms with Crippen molar-refractivity contribution in [3.8, 4) is 0 Å². The van der Waals surface area contributed by atoms with Gasteiger partial charge >= 0.3 is 6.09 Å². The van der Waals surface area contributed by atoms with E-state index in [0.717, 1.165) is 4.47 Å². The first kappa shape index (κ1) is 19.2. The highest BCUT2D eigenvalue weighted by atomic mass is 79.9. The number of hydrogen-bond donors (Lipinski definition) is 3. The Hall–Kier alpha value is -2.55. The van der Waals surface area contributed by atoms with Gasteiger partial charge < -0.3 is 25.5 Å². The molecule has 2 unspecified atom stereocenters. The van der Waals surface area contributed by atoms with Gasteiger partial charge in [-0.15, -0.1) is 0 Å². The third-order valence-corrected chi connectivity index (χ3v) is 5.20. The summed E-state index contributed by atoms with van der Waals surface area (Å²) in [5.74, 6) is -1.86. The van der Waals surface area contributed by atoms with E-state index in [4.69, 9.17) is 10.2 Å². The van der Waals surface area contributed by atoms with Crippen LogP contribution in [0.3, 0.4) is 0 Å². The van der Waals surface area contributed by atoms with E-state index in [1.54, 1.807) is 18.2 Å². The molecular formula is C18H20BrN3O5. The fourth-order valence-electron chi connectivity index (χ4n) is 3.58. The summed E-state index contributed by atoms with van der Waals surface area (Å²) in [6.45, 7) is 5.74. The molecule has 3 amide bonds. The third-order valence-electron chi connectivity index (χ3n) is 4.70. The normalized spacial score (nSPS) is 19.6. The molecule has 2 aromatic rings. The van der Waals surface area contributed by atoms with Gasteiger partial charge in [-0.05, 0) is 23.6 Å². The van der Waals surface area contributed by atoms with E-state index >= 15 is 0 Å². The quantitative estimate of drug-likeness (QED) is 0.678. The monoisotopic (exact) mass is 437 g/mol. The van der Waals surface area contributed by atoms with Crippen molar-refractivity contribution in [3.05, 3.63) is 28.4 Å². The predicted octanol–water partition coefficient (Wildman–Crippen LogP) is 3.26. The molecule has 0 bridgehead atoms. The van der Waals surface area contributed by atoms with E-state index in [1.165, 1.54) is 4.90 Å². The molecule has 1 saturated heterocycles. The summed E-state index contributed by atoms with van der Waals surface area (Å²) in [6, 6.07) is 4.65. The van der Waals surface area contributed by atoms with Gasteiger partial charge in [0, 0.05) is 16.4 Å². The average Bonchev–Trinajstić information content (AvgIpc) is 2.82. The maximum absolute atomic E-state index is 12.9. The number of fused-ring (bicyclic) bond motifs is 1. The van der Waals surface area contributed by atoms with Crippen LogP contribution in [0.25, 0.3) is 11.0 Å². The van der Waals surface area contributed by atoms with Crippen LogP contribution in [0.2, 0.25) is 0 Å². The number of likely N-dealkylation sites (tertiary alicyclic amines) is 1. The number of rotatable bonds is 3.